The van der Waals surface area contributed by atoms with E-state index in [2.05, 4.69) is 22.3 Å². The van der Waals surface area contributed by atoms with Gasteiger partial charge in [0.05, 0.1) is 0 Å². The van der Waals surface area contributed by atoms with Gasteiger partial charge in [0.1, 0.15) is 5.82 Å². The van der Waals surface area contributed by atoms with E-state index in [0.29, 0.717) is 6.54 Å². The van der Waals surface area contributed by atoms with Crippen LogP contribution in [0.5, 0.6) is 0 Å². The third kappa shape index (κ3) is 5.04. The lowest BCUT2D eigenvalue weighted by Gasteiger charge is -2.28. The maximum absolute atomic E-state index is 12.9. The maximum Gasteiger partial charge on any atom is 0.433 e. The Morgan fingerprint density at radius 2 is 1.95 bits per heavy atom. The molecule has 0 atom stereocenters. The first-order chi connectivity index (χ1) is 9.79. The van der Waals surface area contributed by atoms with Crippen LogP contribution in [0.15, 0.2) is 6.07 Å². The number of hydrazine groups is 1. The summed E-state index contributed by atoms with van der Waals surface area (Å²) in [5, 5.41) is 0. The van der Waals surface area contributed by atoms with E-state index in [1.807, 2.05) is 18.7 Å². The van der Waals surface area contributed by atoms with Gasteiger partial charge >= 0.3 is 6.18 Å². The van der Waals surface area contributed by atoms with Gasteiger partial charge in [0.15, 0.2) is 5.69 Å². The third-order valence-corrected chi connectivity index (χ3v) is 3.05. The van der Waals surface area contributed by atoms with Crippen molar-refractivity contribution in [2.75, 3.05) is 16.9 Å². The molecule has 5 nitrogen and oxygen atoms in total. The zero-order valence-electron chi connectivity index (χ0n) is 12.5. The van der Waals surface area contributed by atoms with E-state index in [1.165, 1.54) is 0 Å². The van der Waals surface area contributed by atoms with Crippen molar-refractivity contribution in [3.05, 3.63) is 11.8 Å². The van der Waals surface area contributed by atoms with Crippen LogP contribution in [0.3, 0.4) is 0 Å². The number of alkyl halides is 3. The molecule has 21 heavy (non-hydrogen) atoms. The van der Waals surface area contributed by atoms with Crippen molar-refractivity contribution in [2.24, 2.45) is 5.84 Å². The Labute approximate surface area is 122 Å². The van der Waals surface area contributed by atoms with Crippen molar-refractivity contribution in [1.29, 1.82) is 0 Å². The van der Waals surface area contributed by atoms with E-state index in [4.69, 9.17) is 5.84 Å². The van der Waals surface area contributed by atoms with Gasteiger partial charge in [-0.1, -0.05) is 19.8 Å². The number of nitrogen functional groups attached to an aromatic ring is 1. The van der Waals surface area contributed by atoms with Gasteiger partial charge in [0.25, 0.3) is 0 Å². The first-order valence-electron chi connectivity index (χ1n) is 6.99. The van der Waals surface area contributed by atoms with Crippen LogP contribution < -0.4 is 16.2 Å². The summed E-state index contributed by atoms with van der Waals surface area (Å²) in [6.45, 7) is 6.54. The molecule has 0 aliphatic carbocycles. The van der Waals surface area contributed by atoms with E-state index in [0.717, 1.165) is 25.3 Å². The molecule has 0 amide bonds. The third-order valence-electron chi connectivity index (χ3n) is 3.05. The molecule has 0 saturated carbocycles. The molecular formula is C13H22F3N5. The normalized spacial score (nSPS) is 11.8. The molecule has 1 aromatic heterocycles. The quantitative estimate of drug-likeness (QED) is 0.460. The number of hydrogen-bond donors (Lipinski definition) is 2. The van der Waals surface area contributed by atoms with Gasteiger partial charge in [-0.25, -0.2) is 10.8 Å². The molecule has 0 radical (unpaired) electrons. The minimum atomic E-state index is -4.53. The molecule has 0 aliphatic rings. The topological polar surface area (TPSA) is 67.1 Å². The maximum atomic E-state index is 12.9. The van der Waals surface area contributed by atoms with E-state index < -0.39 is 11.9 Å². The number of nitrogens with two attached hydrogens (primary N) is 1. The van der Waals surface area contributed by atoms with Crippen LogP contribution in [0, 0.1) is 0 Å². The number of aromatic nitrogens is 2. The molecule has 0 fully saturated rings. The minimum absolute atomic E-state index is 0.0310. The molecule has 0 aromatic carbocycles. The number of nitrogens with one attached hydrogen (secondary N) is 1. The first-order valence-corrected chi connectivity index (χ1v) is 6.99. The van der Waals surface area contributed by atoms with Gasteiger partial charge in [0, 0.05) is 18.7 Å². The summed E-state index contributed by atoms with van der Waals surface area (Å²) < 4.78 is 38.6. The number of unbranched alkanes of at least 4 members (excludes halogenated alkanes) is 2. The second-order valence-electron chi connectivity index (χ2n) is 5.07. The van der Waals surface area contributed by atoms with Crippen molar-refractivity contribution >= 4 is 11.8 Å². The summed E-state index contributed by atoms with van der Waals surface area (Å²) in [7, 11) is 0. The van der Waals surface area contributed by atoms with E-state index in [9.17, 15) is 13.2 Å². The highest BCUT2D eigenvalue weighted by Crippen LogP contribution is 2.31. The van der Waals surface area contributed by atoms with Gasteiger partial charge in [-0.2, -0.15) is 18.2 Å². The largest absolute Gasteiger partial charge is 0.433 e. The summed E-state index contributed by atoms with van der Waals surface area (Å²) in [6, 6.07) is 0.996. The number of hydrogen-bond acceptors (Lipinski definition) is 5. The number of halogens is 3. The summed E-state index contributed by atoms with van der Waals surface area (Å²) in [5.41, 5.74) is 1.09. The molecule has 3 N–H and O–H groups in total. The summed E-state index contributed by atoms with van der Waals surface area (Å²) in [6.07, 6.45) is -1.58. The molecule has 0 unspecified atom stereocenters. The lowest BCUT2D eigenvalue weighted by molar-refractivity contribution is -0.141. The Kier molecular flexibility index (Phi) is 6.19. The Hall–Kier alpha value is -1.57. The summed E-state index contributed by atoms with van der Waals surface area (Å²) in [4.78, 5) is 9.23. The van der Waals surface area contributed by atoms with Gasteiger partial charge in [-0.3, -0.25) is 5.43 Å². The molecule has 0 spiro atoms. The molecule has 8 heteroatoms. The Morgan fingerprint density at radius 1 is 1.29 bits per heavy atom. The van der Waals surface area contributed by atoms with Gasteiger partial charge in [-0.05, 0) is 20.3 Å². The fourth-order valence-electron chi connectivity index (χ4n) is 1.96. The fourth-order valence-corrected chi connectivity index (χ4v) is 1.96. The fraction of sp³-hybridized carbons (Fsp3) is 0.692. The van der Waals surface area contributed by atoms with Crippen LogP contribution in [-0.4, -0.2) is 22.6 Å². The summed E-state index contributed by atoms with van der Waals surface area (Å²) >= 11 is 0. The van der Waals surface area contributed by atoms with E-state index in [-0.39, 0.29) is 17.8 Å². The van der Waals surface area contributed by atoms with Gasteiger partial charge in [-0.15, -0.1) is 0 Å². The van der Waals surface area contributed by atoms with Crippen LogP contribution >= 0.6 is 0 Å². The van der Waals surface area contributed by atoms with Crippen LogP contribution in [0.1, 0.15) is 45.7 Å². The average Bonchev–Trinajstić information content (AvgIpc) is 2.41. The Balaban J connectivity index is 3.11. The van der Waals surface area contributed by atoms with Crippen molar-refractivity contribution < 1.29 is 13.2 Å². The highest BCUT2D eigenvalue weighted by atomic mass is 19.4. The summed E-state index contributed by atoms with van der Waals surface area (Å²) in [5.74, 6) is 5.17. The highest BCUT2D eigenvalue weighted by Gasteiger charge is 2.34. The SMILES string of the molecule is CCCCCN(c1cc(C(F)(F)F)nc(NN)n1)C(C)C. The first kappa shape index (κ1) is 17.5. The second-order valence-corrected chi connectivity index (χ2v) is 5.07. The van der Waals surface area contributed by atoms with Crippen molar-refractivity contribution in [3.8, 4) is 0 Å². The van der Waals surface area contributed by atoms with E-state index in [1.54, 1.807) is 0 Å². The predicted octanol–water partition coefficient (Wildman–Crippen LogP) is 3.19. The van der Waals surface area contributed by atoms with Crippen LogP contribution in [0.4, 0.5) is 24.9 Å². The second kappa shape index (κ2) is 7.44. The molecule has 0 bridgehead atoms. The highest BCUT2D eigenvalue weighted by molar-refractivity contribution is 5.46. The van der Waals surface area contributed by atoms with Gasteiger partial charge in [0.2, 0.25) is 5.95 Å². The Bertz CT molecular complexity index is 448. The zero-order chi connectivity index (χ0) is 16.0. The average molecular weight is 305 g/mol. The molecule has 1 rings (SSSR count). The van der Waals surface area contributed by atoms with Crippen molar-refractivity contribution in [3.63, 3.8) is 0 Å². The van der Waals surface area contributed by atoms with Crippen LogP contribution in [-0.2, 0) is 6.18 Å². The number of rotatable bonds is 7. The molecule has 0 saturated heterocycles. The van der Waals surface area contributed by atoms with E-state index >= 15 is 0 Å². The molecule has 1 heterocycles. The Morgan fingerprint density at radius 3 is 2.43 bits per heavy atom. The van der Waals surface area contributed by atoms with Crippen molar-refractivity contribution in [1.82, 2.24) is 9.97 Å². The molecule has 0 aliphatic heterocycles. The molecule has 120 valence electrons. The monoisotopic (exact) mass is 305 g/mol. The number of nitrogens with zero attached hydrogens (tertiary/aromatic N) is 3. The lowest BCUT2D eigenvalue weighted by Crippen LogP contribution is -2.33. The van der Waals surface area contributed by atoms with Gasteiger partial charge < -0.3 is 4.90 Å². The number of anilines is 2. The molecule has 1 aromatic rings. The predicted molar refractivity (Wildman–Crippen MR) is 76.9 cm³/mol. The lowest BCUT2D eigenvalue weighted by atomic mass is 10.2. The standard InChI is InChI=1S/C13H22F3N5/c1-4-5-6-7-21(9(2)3)11-8-10(13(14,15)16)18-12(19-11)20-17/h8-9H,4-7,17H2,1-3H3,(H,18,19,20). The smallest absolute Gasteiger partial charge is 0.354 e. The minimum Gasteiger partial charge on any atom is -0.354 e. The zero-order valence-corrected chi connectivity index (χ0v) is 12.5. The van der Waals surface area contributed by atoms with Crippen LogP contribution in [0.2, 0.25) is 0 Å². The van der Waals surface area contributed by atoms with Crippen LogP contribution in [0.25, 0.3) is 0 Å². The van der Waals surface area contributed by atoms with Crippen molar-refractivity contribution in [2.45, 2.75) is 52.3 Å². The molecular weight excluding hydrogens is 283 g/mol.